The molecule has 0 aliphatic heterocycles. The first kappa shape index (κ1) is 13.2. The standard InChI is InChI=1S/C12H20N2OS/c1-8(2)4-11(13)12(15)14-5-10-7-16-6-9(10)3/h6-8,11H,4-5,13H2,1-3H3,(H,14,15)/t11-/m0/s1. The maximum atomic E-state index is 11.7. The SMILES string of the molecule is Cc1cscc1CNC(=O)[C@@H](N)CC(C)C. The van der Waals surface area contributed by atoms with Gasteiger partial charge in [0.25, 0.3) is 0 Å². The Kier molecular flexibility index (Phi) is 4.96. The Morgan fingerprint density at radius 2 is 2.19 bits per heavy atom. The van der Waals surface area contributed by atoms with Crippen molar-refractivity contribution in [1.82, 2.24) is 5.32 Å². The molecule has 16 heavy (non-hydrogen) atoms. The normalized spacial score (nSPS) is 12.8. The molecule has 0 aliphatic carbocycles. The average molecular weight is 240 g/mol. The lowest BCUT2D eigenvalue weighted by molar-refractivity contribution is -0.122. The summed E-state index contributed by atoms with van der Waals surface area (Å²) in [6.45, 7) is 6.76. The molecule has 0 aromatic carbocycles. The second-order valence-electron chi connectivity index (χ2n) is 4.53. The molecule has 1 amide bonds. The second kappa shape index (κ2) is 6.01. The summed E-state index contributed by atoms with van der Waals surface area (Å²) in [6, 6.07) is -0.390. The van der Waals surface area contributed by atoms with Crippen LogP contribution in [0.15, 0.2) is 10.8 Å². The van der Waals surface area contributed by atoms with E-state index in [1.165, 1.54) is 11.1 Å². The van der Waals surface area contributed by atoms with Gasteiger partial charge in [-0.25, -0.2) is 0 Å². The van der Waals surface area contributed by atoms with Gasteiger partial charge in [0.05, 0.1) is 6.04 Å². The summed E-state index contributed by atoms with van der Waals surface area (Å²) in [4.78, 5) is 11.7. The first-order valence-corrected chi connectivity index (χ1v) is 6.50. The minimum absolute atomic E-state index is 0.0562. The van der Waals surface area contributed by atoms with Gasteiger partial charge < -0.3 is 11.1 Å². The van der Waals surface area contributed by atoms with Crippen LogP contribution in [0.3, 0.4) is 0 Å². The molecule has 0 bridgehead atoms. The van der Waals surface area contributed by atoms with Crippen LogP contribution in [-0.2, 0) is 11.3 Å². The van der Waals surface area contributed by atoms with E-state index in [1.807, 2.05) is 6.92 Å². The number of hydrogen-bond donors (Lipinski definition) is 2. The Morgan fingerprint density at radius 1 is 1.50 bits per heavy atom. The number of carbonyl (C=O) groups excluding carboxylic acids is 1. The molecule has 90 valence electrons. The summed E-state index contributed by atoms with van der Waals surface area (Å²) >= 11 is 1.65. The molecular formula is C12H20N2OS. The Labute approximate surface area is 101 Å². The number of carbonyl (C=O) groups is 1. The van der Waals surface area contributed by atoms with Crippen molar-refractivity contribution < 1.29 is 4.79 Å². The maximum absolute atomic E-state index is 11.7. The van der Waals surface area contributed by atoms with E-state index in [0.717, 1.165) is 6.42 Å². The Hall–Kier alpha value is -0.870. The van der Waals surface area contributed by atoms with Crippen LogP contribution in [0.25, 0.3) is 0 Å². The van der Waals surface area contributed by atoms with Gasteiger partial charge in [-0.3, -0.25) is 4.79 Å². The fourth-order valence-electron chi connectivity index (χ4n) is 1.50. The Bertz CT molecular complexity index is 347. The van der Waals surface area contributed by atoms with Gasteiger partial charge >= 0.3 is 0 Å². The number of amides is 1. The molecule has 0 fully saturated rings. The van der Waals surface area contributed by atoms with E-state index in [1.54, 1.807) is 11.3 Å². The molecule has 1 atom stereocenters. The highest BCUT2D eigenvalue weighted by Crippen LogP contribution is 2.13. The van der Waals surface area contributed by atoms with Crippen LogP contribution in [0, 0.1) is 12.8 Å². The third-order valence-corrected chi connectivity index (χ3v) is 3.39. The molecule has 0 radical (unpaired) electrons. The minimum atomic E-state index is -0.390. The molecule has 0 aliphatic rings. The third kappa shape index (κ3) is 3.94. The molecule has 1 heterocycles. The van der Waals surface area contributed by atoms with Crippen molar-refractivity contribution in [3.05, 3.63) is 21.9 Å². The smallest absolute Gasteiger partial charge is 0.237 e. The zero-order valence-corrected chi connectivity index (χ0v) is 10.9. The van der Waals surface area contributed by atoms with Crippen molar-refractivity contribution in [3.63, 3.8) is 0 Å². The van der Waals surface area contributed by atoms with Crippen LogP contribution in [0.2, 0.25) is 0 Å². The Morgan fingerprint density at radius 3 is 2.69 bits per heavy atom. The van der Waals surface area contributed by atoms with Crippen LogP contribution >= 0.6 is 11.3 Å². The van der Waals surface area contributed by atoms with E-state index in [4.69, 9.17) is 5.73 Å². The summed E-state index contributed by atoms with van der Waals surface area (Å²) in [6.07, 6.45) is 0.731. The zero-order chi connectivity index (χ0) is 12.1. The molecule has 1 rings (SSSR count). The van der Waals surface area contributed by atoms with Gasteiger partial charge in [0.15, 0.2) is 0 Å². The van der Waals surface area contributed by atoms with Crippen molar-refractivity contribution >= 4 is 17.2 Å². The van der Waals surface area contributed by atoms with E-state index >= 15 is 0 Å². The lowest BCUT2D eigenvalue weighted by Gasteiger charge is -2.14. The molecule has 1 aromatic heterocycles. The van der Waals surface area contributed by atoms with E-state index in [0.29, 0.717) is 12.5 Å². The molecule has 0 saturated heterocycles. The highest BCUT2D eigenvalue weighted by atomic mass is 32.1. The summed E-state index contributed by atoms with van der Waals surface area (Å²) in [5.41, 5.74) is 8.19. The van der Waals surface area contributed by atoms with Gasteiger partial charge in [-0.2, -0.15) is 11.3 Å². The second-order valence-corrected chi connectivity index (χ2v) is 5.28. The zero-order valence-electron chi connectivity index (χ0n) is 10.1. The highest BCUT2D eigenvalue weighted by Gasteiger charge is 2.14. The quantitative estimate of drug-likeness (QED) is 0.827. The lowest BCUT2D eigenvalue weighted by atomic mass is 10.0. The van der Waals surface area contributed by atoms with Crippen molar-refractivity contribution in [2.45, 2.75) is 39.8 Å². The number of nitrogens with one attached hydrogen (secondary N) is 1. The van der Waals surface area contributed by atoms with E-state index in [9.17, 15) is 4.79 Å². The average Bonchev–Trinajstić information content (AvgIpc) is 2.59. The summed E-state index contributed by atoms with van der Waals surface area (Å²) in [5.74, 6) is 0.392. The molecule has 3 nitrogen and oxygen atoms in total. The van der Waals surface area contributed by atoms with E-state index in [2.05, 4.69) is 29.9 Å². The number of nitrogens with two attached hydrogens (primary N) is 1. The summed E-state index contributed by atoms with van der Waals surface area (Å²) < 4.78 is 0. The largest absolute Gasteiger partial charge is 0.351 e. The molecule has 0 spiro atoms. The first-order valence-electron chi connectivity index (χ1n) is 5.55. The van der Waals surface area contributed by atoms with Crippen LogP contribution in [0.1, 0.15) is 31.4 Å². The van der Waals surface area contributed by atoms with Gasteiger partial charge in [0.1, 0.15) is 0 Å². The molecule has 0 saturated carbocycles. The van der Waals surface area contributed by atoms with Gasteiger partial charge in [0.2, 0.25) is 5.91 Å². The maximum Gasteiger partial charge on any atom is 0.237 e. The molecule has 0 unspecified atom stereocenters. The molecule has 3 N–H and O–H groups in total. The van der Waals surface area contributed by atoms with Crippen LogP contribution in [0.4, 0.5) is 0 Å². The number of aryl methyl sites for hydroxylation is 1. The monoisotopic (exact) mass is 240 g/mol. The fourth-order valence-corrected chi connectivity index (χ4v) is 2.35. The Balaban J connectivity index is 2.38. The first-order chi connectivity index (χ1) is 7.50. The van der Waals surface area contributed by atoms with Crippen molar-refractivity contribution in [1.29, 1.82) is 0 Å². The van der Waals surface area contributed by atoms with Crippen LogP contribution < -0.4 is 11.1 Å². The number of hydrogen-bond acceptors (Lipinski definition) is 3. The predicted molar refractivity (Wildman–Crippen MR) is 68.3 cm³/mol. The minimum Gasteiger partial charge on any atom is -0.351 e. The molecular weight excluding hydrogens is 220 g/mol. The van der Waals surface area contributed by atoms with Gasteiger partial charge in [-0.1, -0.05) is 13.8 Å². The van der Waals surface area contributed by atoms with Gasteiger partial charge in [-0.05, 0) is 41.1 Å². The lowest BCUT2D eigenvalue weighted by Crippen LogP contribution is -2.41. The van der Waals surface area contributed by atoms with Crippen molar-refractivity contribution in [3.8, 4) is 0 Å². The fraction of sp³-hybridized carbons (Fsp3) is 0.583. The van der Waals surface area contributed by atoms with Crippen LogP contribution in [0.5, 0.6) is 0 Å². The molecule has 4 heteroatoms. The third-order valence-electron chi connectivity index (χ3n) is 2.48. The van der Waals surface area contributed by atoms with Gasteiger partial charge in [-0.15, -0.1) is 0 Å². The predicted octanol–water partition coefficient (Wildman–Crippen LogP) is 2.05. The number of rotatable bonds is 5. The highest BCUT2D eigenvalue weighted by molar-refractivity contribution is 7.08. The number of thiophene rings is 1. The molecule has 1 aromatic rings. The topological polar surface area (TPSA) is 55.1 Å². The summed E-state index contributed by atoms with van der Waals surface area (Å²) in [7, 11) is 0. The van der Waals surface area contributed by atoms with Crippen molar-refractivity contribution in [2.24, 2.45) is 11.7 Å². The van der Waals surface area contributed by atoms with Gasteiger partial charge in [0, 0.05) is 6.54 Å². The van der Waals surface area contributed by atoms with E-state index < -0.39 is 0 Å². The van der Waals surface area contributed by atoms with Crippen molar-refractivity contribution in [2.75, 3.05) is 0 Å². The van der Waals surface area contributed by atoms with E-state index in [-0.39, 0.29) is 11.9 Å². The van der Waals surface area contributed by atoms with Crippen LogP contribution in [-0.4, -0.2) is 11.9 Å². The summed E-state index contributed by atoms with van der Waals surface area (Å²) in [5, 5.41) is 7.01.